The first-order valence-electron chi connectivity index (χ1n) is 6.30. The molecule has 0 aromatic heterocycles. The van der Waals surface area contributed by atoms with E-state index in [9.17, 15) is 0 Å². The minimum atomic E-state index is 0.620. The summed E-state index contributed by atoms with van der Waals surface area (Å²) in [7, 11) is 0. The van der Waals surface area contributed by atoms with Gasteiger partial charge in [0.2, 0.25) is 0 Å². The fourth-order valence-corrected chi connectivity index (χ4v) is 3.41. The lowest BCUT2D eigenvalue weighted by molar-refractivity contribution is 0.302. The summed E-state index contributed by atoms with van der Waals surface area (Å²) in [6.45, 7) is 3.35. The summed E-state index contributed by atoms with van der Waals surface area (Å²) in [6.07, 6.45) is 8.36. The van der Waals surface area contributed by atoms with E-state index >= 15 is 0 Å². The van der Waals surface area contributed by atoms with Gasteiger partial charge in [-0.3, -0.25) is 4.99 Å². The van der Waals surface area contributed by atoms with Crippen molar-refractivity contribution >= 4 is 16.9 Å². The van der Waals surface area contributed by atoms with Crippen molar-refractivity contribution in [3.05, 3.63) is 0 Å². The van der Waals surface area contributed by atoms with Crippen molar-refractivity contribution in [1.82, 2.24) is 5.32 Å². The molecular formula is C12H22N2S. The van der Waals surface area contributed by atoms with Crippen LogP contribution in [0.15, 0.2) is 4.99 Å². The summed E-state index contributed by atoms with van der Waals surface area (Å²) >= 11 is 1.89. The molecule has 15 heavy (non-hydrogen) atoms. The minimum absolute atomic E-state index is 0.620. The maximum Gasteiger partial charge on any atom is 0.156 e. The van der Waals surface area contributed by atoms with E-state index in [1.54, 1.807) is 0 Å². The van der Waals surface area contributed by atoms with Gasteiger partial charge in [-0.15, -0.1) is 0 Å². The highest BCUT2D eigenvalue weighted by molar-refractivity contribution is 8.13. The number of hydrogen-bond donors (Lipinski definition) is 1. The van der Waals surface area contributed by atoms with Gasteiger partial charge in [-0.25, -0.2) is 0 Å². The highest BCUT2D eigenvalue weighted by Gasteiger charge is 2.21. The highest BCUT2D eigenvalue weighted by atomic mass is 32.2. The second-order valence-electron chi connectivity index (χ2n) is 4.72. The fraction of sp³-hybridized carbons (Fsp3) is 0.917. The van der Waals surface area contributed by atoms with Crippen molar-refractivity contribution in [3.8, 4) is 0 Å². The Bertz CT molecular complexity index is 222. The first kappa shape index (κ1) is 11.3. The molecule has 2 nitrogen and oxygen atoms in total. The average molecular weight is 226 g/mol. The first-order valence-corrected chi connectivity index (χ1v) is 7.28. The predicted molar refractivity (Wildman–Crippen MR) is 68.5 cm³/mol. The van der Waals surface area contributed by atoms with Crippen LogP contribution in [-0.4, -0.2) is 23.5 Å². The molecule has 0 amide bonds. The maximum absolute atomic E-state index is 4.53. The second-order valence-corrected chi connectivity index (χ2v) is 5.80. The highest BCUT2D eigenvalue weighted by Crippen LogP contribution is 2.26. The zero-order chi connectivity index (χ0) is 10.5. The van der Waals surface area contributed by atoms with Crippen LogP contribution in [0, 0.1) is 5.92 Å². The number of aliphatic imine (C=N–C) groups is 1. The zero-order valence-electron chi connectivity index (χ0n) is 9.67. The average Bonchev–Trinajstić information content (AvgIpc) is 2.31. The van der Waals surface area contributed by atoms with Crippen LogP contribution >= 0.6 is 11.8 Å². The monoisotopic (exact) mass is 226 g/mol. The third-order valence-electron chi connectivity index (χ3n) is 3.50. The molecule has 1 N–H and O–H groups in total. The maximum atomic E-state index is 4.53. The Kier molecular flexibility index (Phi) is 4.36. The number of hydrogen-bond acceptors (Lipinski definition) is 3. The summed E-state index contributed by atoms with van der Waals surface area (Å²) in [4.78, 5) is 4.53. The van der Waals surface area contributed by atoms with Crippen LogP contribution in [0.3, 0.4) is 0 Å². The lowest BCUT2D eigenvalue weighted by Crippen LogP contribution is -2.38. The Balaban J connectivity index is 1.79. The largest absolute Gasteiger partial charge is 0.362 e. The predicted octanol–water partition coefficient (Wildman–Crippen LogP) is 3.04. The molecule has 0 bridgehead atoms. The molecule has 0 radical (unpaired) electrons. The van der Waals surface area contributed by atoms with Gasteiger partial charge in [-0.05, 0) is 32.1 Å². The Morgan fingerprint density at radius 3 is 2.73 bits per heavy atom. The minimum Gasteiger partial charge on any atom is -0.362 e. The van der Waals surface area contributed by atoms with Crippen LogP contribution < -0.4 is 5.32 Å². The molecule has 0 aromatic carbocycles. The number of thioether (sulfide) groups is 1. The van der Waals surface area contributed by atoms with Crippen LogP contribution in [0.25, 0.3) is 0 Å². The van der Waals surface area contributed by atoms with Gasteiger partial charge >= 0.3 is 0 Å². The van der Waals surface area contributed by atoms with Crippen molar-refractivity contribution < 1.29 is 0 Å². The molecule has 0 saturated heterocycles. The normalized spacial score (nSPS) is 25.8. The molecule has 1 fully saturated rings. The quantitative estimate of drug-likeness (QED) is 0.782. The SMILES string of the molecule is CC(NC1=NCCCS1)C1CCCCC1. The van der Waals surface area contributed by atoms with E-state index < -0.39 is 0 Å². The lowest BCUT2D eigenvalue weighted by atomic mass is 9.85. The molecule has 1 atom stereocenters. The zero-order valence-corrected chi connectivity index (χ0v) is 10.5. The van der Waals surface area contributed by atoms with Crippen LogP contribution in [-0.2, 0) is 0 Å². The van der Waals surface area contributed by atoms with Gasteiger partial charge in [-0.1, -0.05) is 31.0 Å². The number of amidine groups is 1. The van der Waals surface area contributed by atoms with Crippen LogP contribution in [0.2, 0.25) is 0 Å². The standard InChI is InChI=1S/C12H22N2S/c1-10(11-6-3-2-4-7-11)14-12-13-8-5-9-15-12/h10-11H,2-9H2,1H3,(H,13,14). The molecule has 0 aromatic rings. The summed E-state index contributed by atoms with van der Waals surface area (Å²) in [6, 6.07) is 0.620. The van der Waals surface area contributed by atoms with E-state index in [0.717, 1.165) is 12.5 Å². The van der Waals surface area contributed by atoms with Crippen molar-refractivity contribution in [3.63, 3.8) is 0 Å². The summed E-state index contributed by atoms with van der Waals surface area (Å²) in [5.41, 5.74) is 0. The van der Waals surface area contributed by atoms with Gasteiger partial charge < -0.3 is 5.32 Å². The Labute approximate surface area is 97.3 Å². The molecular weight excluding hydrogens is 204 g/mol. The van der Waals surface area contributed by atoms with Gasteiger partial charge in [0.1, 0.15) is 0 Å². The summed E-state index contributed by atoms with van der Waals surface area (Å²) in [5.74, 6) is 2.12. The topological polar surface area (TPSA) is 24.4 Å². The van der Waals surface area contributed by atoms with E-state index in [2.05, 4.69) is 17.2 Å². The fourth-order valence-electron chi connectivity index (χ4n) is 2.49. The lowest BCUT2D eigenvalue weighted by Gasteiger charge is -2.29. The van der Waals surface area contributed by atoms with Gasteiger partial charge in [-0.2, -0.15) is 0 Å². The van der Waals surface area contributed by atoms with E-state index in [-0.39, 0.29) is 0 Å². The molecule has 1 saturated carbocycles. The molecule has 1 unspecified atom stereocenters. The van der Waals surface area contributed by atoms with Crippen LogP contribution in [0.4, 0.5) is 0 Å². The number of rotatable bonds is 2. The van der Waals surface area contributed by atoms with E-state index in [0.29, 0.717) is 6.04 Å². The van der Waals surface area contributed by atoms with Crippen molar-refractivity contribution in [2.75, 3.05) is 12.3 Å². The Hall–Kier alpha value is -0.180. The second kappa shape index (κ2) is 5.78. The first-order chi connectivity index (χ1) is 7.36. The molecule has 86 valence electrons. The molecule has 1 heterocycles. The third kappa shape index (κ3) is 3.40. The molecule has 0 spiro atoms. The molecule has 3 heteroatoms. The molecule has 2 rings (SSSR count). The Morgan fingerprint density at radius 2 is 2.07 bits per heavy atom. The molecule has 1 aliphatic heterocycles. The van der Waals surface area contributed by atoms with Crippen molar-refractivity contribution in [2.45, 2.75) is 51.5 Å². The molecule has 2 aliphatic rings. The summed E-state index contributed by atoms with van der Waals surface area (Å²) < 4.78 is 0. The Morgan fingerprint density at radius 1 is 1.27 bits per heavy atom. The van der Waals surface area contributed by atoms with Crippen LogP contribution in [0.1, 0.15) is 45.4 Å². The number of nitrogens with one attached hydrogen (secondary N) is 1. The van der Waals surface area contributed by atoms with Gasteiger partial charge in [0.05, 0.1) is 0 Å². The van der Waals surface area contributed by atoms with Crippen molar-refractivity contribution in [1.29, 1.82) is 0 Å². The van der Waals surface area contributed by atoms with E-state index in [1.807, 2.05) is 11.8 Å². The van der Waals surface area contributed by atoms with Gasteiger partial charge in [0.15, 0.2) is 5.17 Å². The van der Waals surface area contributed by atoms with Gasteiger partial charge in [0, 0.05) is 18.3 Å². The van der Waals surface area contributed by atoms with E-state index in [4.69, 9.17) is 0 Å². The van der Waals surface area contributed by atoms with E-state index in [1.165, 1.54) is 49.4 Å². The number of nitrogens with zero attached hydrogens (tertiary/aromatic N) is 1. The van der Waals surface area contributed by atoms with Crippen molar-refractivity contribution in [2.24, 2.45) is 10.9 Å². The third-order valence-corrected chi connectivity index (χ3v) is 4.52. The molecule has 1 aliphatic carbocycles. The van der Waals surface area contributed by atoms with Crippen LogP contribution in [0.5, 0.6) is 0 Å². The summed E-state index contributed by atoms with van der Waals surface area (Å²) in [5, 5.41) is 4.80. The van der Waals surface area contributed by atoms with Gasteiger partial charge in [0.25, 0.3) is 0 Å². The smallest absolute Gasteiger partial charge is 0.156 e.